The number of benzene rings is 1. The fourth-order valence-corrected chi connectivity index (χ4v) is 5.38. The molecule has 1 aromatic carbocycles. The molecule has 6 N–H and O–H groups in total. The fraction of sp³-hybridized carbons (Fsp3) is 0.677. The number of thioether (sulfide) groups is 1. The highest BCUT2D eigenvalue weighted by molar-refractivity contribution is 7.98. The number of hydrogen-bond donors (Lipinski definition) is 6. The molecule has 0 fully saturated rings. The van der Waals surface area contributed by atoms with Crippen molar-refractivity contribution in [3.05, 3.63) is 29.3 Å². The second kappa shape index (κ2) is 18.7. The SMILES string of the molecule is CCC[C@H](C[C@H](O)[C@H](CC(C)C)NC(=O)[C@H](CSC)NC(=O)c1cccc(O)c1C)C(=O)N[C@H](C(=O)NCC)C(C)C. The zero-order valence-corrected chi connectivity index (χ0v) is 27.3. The molecule has 5 atom stereocenters. The number of carbonyl (C=O) groups is 4. The van der Waals surface area contributed by atoms with Crippen LogP contribution in [0, 0.1) is 24.7 Å². The Hall–Kier alpha value is -2.79. The quantitative estimate of drug-likeness (QED) is 0.150. The van der Waals surface area contributed by atoms with Crippen molar-refractivity contribution >= 4 is 35.4 Å². The monoisotopic (exact) mass is 608 g/mol. The molecule has 0 aromatic heterocycles. The van der Waals surface area contributed by atoms with E-state index in [0.29, 0.717) is 37.1 Å². The lowest BCUT2D eigenvalue weighted by molar-refractivity contribution is -0.133. The van der Waals surface area contributed by atoms with Gasteiger partial charge in [0.05, 0.1) is 12.1 Å². The average molecular weight is 609 g/mol. The number of rotatable bonds is 18. The molecule has 0 heterocycles. The van der Waals surface area contributed by atoms with Crippen LogP contribution < -0.4 is 21.3 Å². The van der Waals surface area contributed by atoms with Crippen molar-refractivity contribution in [3.63, 3.8) is 0 Å². The van der Waals surface area contributed by atoms with Gasteiger partial charge in [-0.2, -0.15) is 11.8 Å². The summed E-state index contributed by atoms with van der Waals surface area (Å²) in [6.45, 7) is 13.5. The number of aliphatic hydroxyl groups is 1. The first kappa shape index (κ1) is 37.2. The summed E-state index contributed by atoms with van der Waals surface area (Å²) in [5, 5.41) is 32.7. The molecule has 0 bridgehead atoms. The number of hydrogen-bond acceptors (Lipinski definition) is 7. The van der Waals surface area contributed by atoms with E-state index in [1.807, 2.05) is 47.8 Å². The van der Waals surface area contributed by atoms with E-state index >= 15 is 0 Å². The predicted octanol–water partition coefficient (Wildman–Crippen LogP) is 3.14. The second-order valence-corrected chi connectivity index (χ2v) is 12.5. The van der Waals surface area contributed by atoms with Crippen LogP contribution in [-0.4, -0.2) is 76.6 Å². The van der Waals surface area contributed by atoms with Gasteiger partial charge in [0, 0.05) is 29.3 Å². The van der Waals surface area contributed by atoms with E-state index in [1.165, 1.54) is 17.8 Å². The van der Waals surface area contributed by atoms with E-state index in [0.717, 1.165) is 0 Å². The zero-order chi connectivity index (χ0) is 32.0. The average Bonchev–Trinajstić information content (AvgIpc) is 2.91. The van der Waals surface area contributed by atoms with Gasteiger partial charge < -0.3 is 31.5 Å². The highest BCUT2D eigenvalue weighted by atomic mass is 32.2. The minimum absolute atomic E-state index is 0.00924. The molecule has 0 radical (unpaired) electrons. The van der Waals surface area contributed by atoms with E-state index in [4.69, 9.17) is 0 Å². The minimum Gasteiger partial charge on any atom is -0.508 e. The van der Waals surface area contributed by atoms with Gasteiger partial charge >= 0.3 is 0 Å². The molecule has 0 unspecified atom stereocenters. The van der Waals surface area contributed by atoms with Gasteiger partial charge in [-0.05, 0) is 63.3 Å². The molecule has 4 amide bonds. The van der Waals surface area contributed by atoms with Crippen LogP contribution >= 0.6 is 11.8 Å². The van der Waals surface area contributed by atoms with Crippen LogP contribution in [0.2, 0.25) is 0 Å². The number of nitrogens with one attached hydrogen (secondary N) is 4. The number of likely N-dealkylation sites (N-methyl/N-ethyl adjacent to an activating group) is 1. The van der Waals surface area contributed by atoms with Gasteiger partial charge in [-0.3, -0.25) is 19.2 Å². The zero-order valence-electron chi connectivity index (χ0n) is 26.5. The topological polar surface area (TPSA) is 157 Å². The molecular formula is C31H52N4O6S. The molecule has 0 aliphatic rings. The van der Waals surface area contributed by atoms with Crippen LogP contribution in [-0.2, 0) is 14.4 Å². The lowest BCUT2D eigenvalue weighted by Gasteiger charge is -2.31. The van der Waals surface area contributed by atoms with Gasteiger partial charge in [0.15, 0.2) is 0 Å². The number of phenolic OH excluding ortho intramolecular Hbond substituents is 1. The largest absolute Gasteiger partial charge is 0.508 e. The Labute approximate surface area is 255 Å². The van der Waals surface area contributed by atoms with Crippen LogP contribution in [0.5, 0.6) is 5.75 Å². The van der Waals surface area contributed by atoms with Gasteiger partial charge in [-0.1, -0.05) is 47.1 Å². The maximum absolute atomic E-state index is 13.4. The Morgan fingerprint density at radius 3 is 2.14 bits per heavy atom. The number of phenols is 1. The predicted molar refractivity (Wildman–Crippen MR) is 168 cm³/mol. The molecule has 0 aliphatic carbocycles. The molecule has 11 heteroatoms. The van der Waals surface area contributed by atoms with Gasteiger partial charge in [0.1, 0.15) is 17.8 Å². The van der Waals surface area contributed by atoms with Gasteiger partial charge in [0.2, 0.25) is 17.7 Å². The second-order valence-electron chi connectivity index (χ2n) is 11.6. The molecule has 10 nitrogen and oxygen atoms in total. The van der Waals surface area contributed by atoms with Crippen molar-refractivity contribution < 1.29 is 29.4 Å². The number of carbonyl (C=O) groups excluding carboxylic acids is 4. The normalized spacial score (nSPS) is 14.9. The van der Waals surface area contributed by atoms with Crippen LogP contribution in [0.15, 0.2) is 18.2 Å². The maximum atomic E-state index is 13.4. The van der Waals surface area contributed by atoms with Crippen LogP contribution in [0.3, 0.4) is 0 Å². The summed E-state index contributed by atoms with van der Waals surface area (Å²) in [6, 6.07) is 2.42. The summed E-state index contributed by atoms with van der Waals surface area (Å²) in [4.78, 5) is 52.2. The number of aliphatic hydroxyl groups excluding tert-OH is 1. The van der Waals surface area contributed by atoms with Crippen molar-refractivity contribution in [2.45, 2.75) is 98.4 Å². The van der Waals surface area contributed by atoms with E-state index in [2.05, 4.69) is 21.3 Å². The Bertz CT molecular complexity index is 1030. The minimum atomic E-state index is -1.03. The van der Waals surface area contributed by atoms with Crippen LogP contribution in [0.1, 0.15) is 83.1 Å². The van der Waals surface area contributed by atoms with Crippen molar-refractivity contribution in [2.75, 3.05) is 18.6 Å². The van der Waals surface area contributed by atoms with Crippen LogP contribution in [0.4, 0.5) is 0 Å². The first-order chi connectivity index (χ1) is 19.8. The molecule has 1 aromatic rings. The molecular weight excluding hydrogens is 556 g/mol. The molecule has 1 rings (SSSR count). The smallest absolute Gasteiger partial charge is 0.252 e. The van der Waals surface area contributed by atoms with Crippen molar-refractivity contribution in [2.24, 2.45) is 17.8 Å². The molecule has 0 saturated heterocycles. The van der Waals surface area contributed by atoms with Crippen molar-refractivity contribution in [1.29, 1.82) is 0 Å². The fourth-order valence-electron chi connectivity index (χ4n) is 4.81. The van der Waals surface area contributed by atoms with E-state index in [-0.39, 0.29) is 41.4 Å². The lowest BCUT2D eigenvalue weighted by atomic mass is 9.88. The van der Waals surface area contributed by atoms with Crippen LogP contribution in [0.25, 0.3) is 0 Å². The number of aromatic hydroxyl groups is 1. The highest BCUT2D eigenvalue weighted by Gasteiger charge is 2.33. The third-order valence-corrected chi connectivity index (χ3v) is 7.82. The Morgan fingerprint density at radius 2 is 1.60 bits per heavy atom. The number of amides is 4. The summed E-state index contributed by atoms with van der Waals surface area (Å²) in [5.74, 6) is -1.71. The molecule has 0 saturated carbocycles. The summed E-state index contributed by atoms with van der Waals surface area (Å²) < 4.78 is 0. The maximum Gasteiger partial charge on any atom is 0.252 e. The lowest BCUT2D eigenvalue weighted by Crippen LogP contribution is -2.55. The molecule has 0 aliphatic heterocycles. The third kappa shape index (κ3) is 11.8. The molecule has 42 heavy (non-hydrogen) atoms. The Morgan fingerprint density at radius 1 is 0.929 bits per heavy atom. The summed E-state index contributed by atoms with van der Waals surface area (Å²) >= 11 is 1.39. The molecule has 238 valence electrons. The van der Waals surface area contributed by atoms with Crippen molar-refractivity contribution in [1.82, 2.24) is 21.3 Å². The highest BCUT2D eigenvalue weighted by Crippen LogP contribution is 2.22. The summed E-state index contributed by atoms with van der Waals surface area (Å²) in [6.07, 6.45) is 2.59. The summed E-state index contributed by atoms with van der Waals surface area (Å²) in [7, 11) is 0. The van der Waals surface area contributed by atoms with E-state index in [9.17, 15) is 29.4 Å². The van der Waals surface area contributed by atoms with Crippen molar-refractivity contribution in [3.8, 4) is 5.75 Å². The van der Waals surface area contributed by atoms with E-state index in [1.54, 1.807) is 19.1 Å². The van der Waals surface area contributed by atoms with Gasteiger partial charge in [-0.15, -0.1) is 0 Å². The first-order valence-corrected chi connectivity index (χ1v) is 16.3. The summed E-state index contributed by atoms with van der Waals surface area (Å²) in [5.41, 5.74) is 0.687. The molecule has 0 spiro atoms. The third-order valence-electron chi connectivity index (χ3n) is 7.15. The van der Waals surface area contributed by atoms with E-state index < -0.39 is 42.0 Å². The van der Waals surface area contributed by atoms with Gasteiger partial charge in [-0.25, -0.2) is 0 Å². The standard InChI is InChI=1S/C31H52N4O6S/c1-9-12-21(28(38)35-27(19(5)6)31(41)32-10-2)16-26(37)23(15-18(3)4)33-30(40)24(17-42-8)34-29(39)22-13-11-14-25(36)20(22)7/h11,13-14,18-19,21,23-24,26-27,36-37H,9-10,12,15-17H2,1-8H3,(H,32,41)(H,33,40)(H,34,39)(H,35,38)/t21-,23+,24+,26+,27+/m1/s1. The first-order valence-electron chi connectivity index (χ1n) is 14.9. The Balaban J connectivity index is 3.09. The van der Waals surface area contributed by atoms with Gasteiger partial charge in [0.25, 0.3) is 5.91 Å². The Kier molecular flexibility index (Phi) is 16.6.